The molecule has 0 aliphatic carbocycles. The highest BCUT2D eigenvalue weighted by atomic mass is 14.8. The van der Waals surface area contributed by atoms with E-state index in [2.05, 4.69) is 64.9 Å². The van der Waals surface area contributed by atoms with Crippen LogP contribution in [0.25, 0.3) is 10.9 Å². The Morgan fingerprint density at radius 1 is 0.895 bits per heavy atom. The van der Waals surface area contributed by atoms with Crippen LogP contribution in [0.2, 0.25) is 0 Å². The summed E-state index contributed by atoms with van der Waals surface area (Å²) in [7, 11) is 0. The molecule has 0 spiro atoms. The number of fused-ring (bicyclic) bond motifs is 1. The molecule has 0 saturated heterocycles. The maximum Gasteiger partial charge on any atom is 0.0454 e. The first-order valence-electron chi connectivity index (χ1n) is 6.72. The lowest BCUT2D eigenvalue weighted by Crippen LogP contribution is -2.16. The summed E-state index contributed by atoms with van der Waals surface area (Å²) in [5, 5.41) is 4.78. The Morgan fingerprint density at radius 2 is 1.79 bits per heavy atom. The maximum absolute atomic E-state index is 3.48. The van der Waals surface area contributed by atoms with Crippen LogP contribution in [0.1, 0.15) is 11.1 Å². The van der Waals surface area contributed by atoms with Gasteiger partial charge in [0.15, 0.2) is 0 Å². The monoisotopic (exact) mass is 250 g/mol. The van der Waals surface area contributed by atoms with Crippen LogP contribution in [0.15, 0.2) is 60.8 Å². The van der Waals surface area contributed by atoms with E-state index >= 15 is 0 Å². The summed E-state index contributed by atoms with van der Waals surface area (Å²) in [5.41, 5.74) is 3.93. The second-order valence-corrected chi connectivity index (χ2v) is 4.81. The quantitative estimate of drug-likeness (QED) is 0.666. The fraction of sp³-hybridized carbons (Fsp3) is 0.176. The average Bonchev–Trinajstić information content (AvgIpc) is 2.92. The Balaban J connectivity index is 1.52. The Bertz CT molecular complexity index is 640. The van der Waals surface area contributed by atoms with Gasteiger partial charge in [-0.3, -0.25) is 0 Å². The van der Waals surface area contributed by atoms with Crippen LogP contribution < -0.4 is 5.32 Å². The Kier molecular flexibility index (Phi) is 3.61. The lowest BCUT2D eigenvalue weighted by Gasteiger charge is -2.05. The van der Waals surface area contributed by atoms with E-state index in [-0.39, 0.29) is 0 Å². The van der Waals surface area contributed by atoms with Crippen molar-refractivity contribution in [2.45, 2.75) is 13.0 Å². The molecule has 3 rings (SSSR count). The first-order chi connectivity index (χ1) is 9.42. The van der Waals surface area contributed by atoms with Crippen molar-refractivity contribution < 1.29 is 0 Å². The van der Waals surface area contributed by atoms with Gasteiger partial charge in [0.1, 0.15) is 0 Å². The van der Waals surface area contributed by atoms with Crippen molar-refractivity contribution in [1.29, 1.82) is 0 Å². The van der Waals surface area contributed by atoms with Gasteiger partial charge in [-0.1, -0.05) is 36.4 Å². The van der Waals surface area contributed by atoms with Crippen LogP contribution in [0.5, 0.6) is 0 Å². The van der Waals surface area contributed by atoms with E-state index in [0.29, 0.717) is 0 Å². The molecule has 0 aliphatic rings. The molecule has 0 amide bonds. The van der Waals surface area contributed by atoms with E-state index < -0.39 is 0 Å². The van der Waals surface area contributed by atoms with Crippen molar-refractivity contribution >= 4 is 10.9 Å². The van der Waals surface area contributed by atoms with E-state index in [1.165, 1.54) is 22.0 Å². The fourth-order valence-electron chi connectivity index (χ4n) is 2.32. The summed E-state index contributed by atoms with van der Waals surface area (Å²) in [6.07, 6.45) is 3.05. The van der Waals surface area contributed by atoms with Crippen LogP contribution in [0.4, 0.5) is 0 Å². The number of nitrogens with one attached hydrogen (secondary N) is 2. The predicted molar refractivity (Wildman–Crippen MR) is 80.2 cm³/mol. The molecule has 2 nitrogen and oxygen atoms in total. The molecule has 0 atom stereocenters. The number of aromatic nitrogens is 1. The van der Waals surface area contributed by atoms with Gasteiger partial charge >= 0.3 is 0 Å². The van der Waals surface area contributed by atoms with Crippen molar-refractivity contribution in [3.05, 3.63) is 71.9 Å². The molecular weight excluding hydrogens is 232 g/mol. The Morgan fingerprint density at radius 3 is 2.68 bits per heavy atom. The fourth-order valence-corrected chi connectivity index (χ4v) is 2.32. The second kappa shape index (κ2) is 5.72. The maximum atomic E-state index is 3.48. The molecule has 2 heteroatoms. The molecule has 0 radical (unpaired) electrons. The van der Waals surface area contributed by atoms with Gasteiger partial charge in [0.25, 0.3) is 0 Å². The topological polar surface area (TPSA) is 27.8 Å². The highest BCUT2D eigenvalue weighted by molar-refractivity contribution is 5.79. The summed E-state index contributed by atoms with van der Waals surface area (Å²) >= 11 is 0. The van der Waals surface area contributed by atoms with Crippen molar-refractivity contribution in [3.63, 3.8) is 0 Å². The summed E-state index contributed by atoms with van der Waals surface area (Å²) < 4.78 is 0. The standard InChI is InChI=1S/C17H18N2/c1-2-4-15(5-3-1)13-18-10-8-14-6-7-17-16(12-14)9-11-19-17/h1-7,9,11-12,18-19H,8,10,13H2. The second-order valence-electron chi connectivity index (χ2n) is 4.81. The van der Waals surface area contributed by atoms with Crippen LogP contribution in [-0.2, 0) is 13.0 Å². The summed E-state index contributed by atoms with van der Waals surface area (Å²) in [4.78, 5) is 3.22. The van der Waals surface area contributed by atoms with Crippen LogP contribution in [-0.4, -0.2) is 11.5 Å². The van der Waals surface area contributed by atoms with E-state index in [1.54, 1.807) is 0 Å². The molecule has 1 heterocycles. The third-order valence-corrected chi connectivity index (χ3v) is 3.38. The molecular formula is C17H18N2. The lowest BCUT2D eigenvalue weighted by molar-refractivity contribution is 0.687. The normalized spacial score (nSPS) is 10.9. The van der Waals surface area contributed by atoms with Crippen molar-refractivity contribution in [1.82, 2.24) is 10.3 Å². The largest absolute Gasteiger partial charge is 0.361 e. The molecule has 19 heavy (non-hydrogen) atoms. The van der Waals surface area contributed by atoms with Gasteiger partial charge in [-0.2, -0.15) is 0 Å². The minimum absolute atomic E-state index is 0.938. The van der Waals surface area contributed by atoms with E-state index in [1.807, 2.05) is 6.20 Å². The van der Waals surface area contributed by atoms with Crippen LogP contribution in [0.3, 0.4) is 0 Å². The highest BCUT2D eigenvalue weighted by Gasteiger charge is 1.97. The van der Waals surface area contributed by atoms with E-state index in [0.717, 1.165) is 19.5 Å². The smallest absolute Gasteiger partial charge is 0.0454 e. The average molecular weight is 250 g/mol. The molecule has 0 saturated carbocycles. The zero-order valence-corrected chi connectivity index (χ0v) is 10.9. The molecule has 0 aliphatic heterocycles. The van der Waals surface area contributed by atoms with Gasteiger partial charge in [-0.15, -0.1) is 0 Å². The lowest BCUT2D eigenvalue weighted by atomic mass is 10.1. The molecule has 1 aromatic heterocycles. The third-order valence-electron chi connectivity index (χ3n) is 3.38. The number of hydrogen-bond acceptors (Lipinski definition) is 1. The van der Waals surface area contributed by atoms with Crippen molar-refractivity contribution in [2.75, 3.05) is 6.54 Å². The van der Waals surface area contributed by atoms with Gasteiger partial charge in [-0.25, -0.2) is 0 Å². The van der Waals surface area contributed by atoms with Crippen LogP contribution >= 0.6 is 0 Å². The van der Waals surface area contributed by atoms with Gasteiger partial charge in [0, 0.05) is 18.3 Å². The molecule has 96 valence electrons. The summed E-state index contributed by atoms with van der Waals surface area (Å²) in [6.45, 7) is 1.94. The van der Waals surface area contributed by atoms with Crippen molar-refractivity contribution in [2.24, 2.45) is 0 Å². The van der Waals surface area contributed by atoms with Gasteiger partial charge in [0.05, 0.1) is 0 Å². The number of benzene rings is 2. The highest BCUT2D eigenvalue weighted by Crippen LogP contribution is 2.14. The predicted octanol–water partition coefficient (Wildman–Crippen LogP) is 3.50. The van der Waals surface area contributed by atoms with Crippen molar-refractivity contribution in [3.8, 4) is 0 Å². The van der Waals surface area contributed by atoms with E-state index in [9.17, 15) is 0 Å². The molecule has 0 unspecified atom stereocenters. The summed E-state index contributed by atoms with van der Waals surface area (Å²) in [6, 6.07) is 19.2. The van der Waals surface area contributed by atoms with Gasteiger partial charge < -0.3 is 10.3 Å². The first-order valence-corrected chi connectivity index (χ1v) is 6.72. The number of H-pyrrole nitrogens is 1. The number of hydrogen-bond donors (Lipinski definition) is 2. The molecule has 0 fully saturated rings. The summed E-state index contributed by atoms with van der Waals surface area (Å²) in [5.74, 6) is 0. The van der Waals surface area contributed by atoms with Crippen LogP contribution in [0, 0.1) is 0 Å². The Labute approximate surface area is 113 Å². The number of aromatic amines is 1. The minimum atomic E-state index is 0.938. The van der Waals surface area contributed by atoms with Gasteiger partial charge in [-0.05, 0) is 47.7 Å². The zero-order valence-electron chi connectivity index (χ0n) is 10.9. The number of rotatable bonds is 5. The zero-order chi connectivity index (χ0) is 12.9. The Hall–Kier alpha value is -2.06. The van der Waals surface area contributed by atoms with E-state index in [4.69, 9.17) is 0 Å². The third kappa shape index (κ3) is 3.04. The molecule has 2 N–H and O–H groups in total. The molecule has 2 aromatic carbocycles. The SMILES string of the molecule is c1ccc(CNCCc2ccc3[nH]ccc3c2)cc1. The van der Waals surface area contributed by atoms with Gasteiger partial charge in [0.2, 0.25) is 0 Å². The molecule has 3 aromatic rings. The first kappa shape index (κ1) is 12.0. The molecule has 0 bridgehead atoms. The minimum Gasteiger partial charge on any atom is -0.361 e.